The van der Waals surface area contributed by atoms with Gasteiger partial charge in [0.25, 0.3) is 0 Å². The van der Waals surface area contributed by atoms with Crippen molar-refractivity contribution in [3.8, 4) is 5.75 Å². The second kappa shape index (κ2) is 7.08. The normalized spacial score (nSPS) is 12.4. The zero-order valence-electron chi connectivity index (χ0n) is 10.8. The third-order valence-electron chi connectivity index (χ3n) is 2.79. The Kier molecular flexibility index (Phi) is 5.43. The Labute approximate surface area is 126 Å². The number of thiophene rings is 1. The van der Waals surface area contributed by atoms with E-state index in [1.165, 1.54) is 0 Å². The average Bonchev–Trinajstić information content (AvgIpc) is 2.82. The molecule has 0 saturated heterocycles. The van der Waals surface area contributed by atoms with Crippen molar-refractivity contribution in [3.63, 3.8) is 0 Å². The highest BCUT2D eigenvalue weighted by Crippen LogP contribution is 2.29. The van der Waals surface area contributed by atoms with Crippen LogP contribution in [0, 0.1) is 0 Å². The maximum atomic E-state index is 10.3. The molecule has 2 rings (SSSR count). The van der Waals surface area contributed by atoms with Gasteiger partial charge in [0, 0.05) is 15.8 Å². The molecule has 0 radical (unpaired) electrons. The standard InChI is InChI=1S/C15H17BrO2S/c1-2-7-18-12-5-3-4-11(9-12)14(17)10-15-13(16)6-8-19-15/h3-6,8-9,14,17H,2,7,10H2,1H3. The maximum absolute atomic E-state index is 10.3. The molecule has 2 nitrogen and oxygen atoms in total. The second-order valence-electron chi connectivity index (χ2n) is 4.33. The molecule has 0 bridgehead atoms. The van der Waals surface area contributed by atoms with Crippen molar-refractivity contribution in [1.29, 1.82) is 0 Å². The molecule has 4 heteroatoms. The lowest BCUT2D eigenvalue weighted by molar-refractivity contribution is 0.178. The number of aliphatic hydroxyl groups is 1. The number of aliphatic hydroxyl groups excluding tert-OH is 1. The average molecular weight is 341 g/mol. The van der Waals surface area contributed by atoms with Gasteiger partial charge in [0.05, 0.1) is 12.7 Å². The van der Waals surface area contributed by atoms with Crippen LogP contribution < -0.4 is 4.74 Å². The first-order chi connectivity index (χ1) is 9.20. The Balaban J connectivity index is 2.06. The SMILES string of the molecule is CCCOc1cccc(C(O)Cc2sccc2Br)c1. The number of hydrogen-bond acceptors (Lipinski definition) is 3. The molecule has 0 aliphatic rings. The Hall–Kier alpha value is -0.840. The molecule has 1 unspecified atom stereocenters. The van der Waals surface area contributed by atoms with E-state index in [4.69, 9.17) is 4.74 Å². The van der Waals surface area contributed by atoms with Crippen molar-refractivity contribution in [2.75, 3.05) is 6.61 Å². The van der Waals surface area contributed by atoms with Gasteiger partial charge < -0.3 is 9.84 Å². The van der Waals surface area contributed by atoms with Crippen molar-refractivity contribution < 1.29 is 9.84 Å². The summed E-state index contributed by atoms with van der Waals surface area (Å²) in [4.78, 5) is 1.16. The minimum Gasteiger partial charge on any atom is -0.494 e. The van der Waals surface area contributed by atoms with Gasteiger partial charge in [0.1, 0.15) is 5.75 Å². The fraction of sp³-hybridized carbons (Fsp3) is 0.333. The summed E-state index contributed by atoms with van der Waals surface area (Å²) in [5.74, 6) is 0.823. The molecule has 1 heterocycles. The van der Waals surface area contributed by atoms with Gasteiger partial charge in [0.2, 0.25) is 0 Å². The first-order valence-electron chi connectivity index (χ1n) is 6.33. The molecule has 19 heavy (non-hydrogen) atoms. The van der Waals surface area contributed by atoms with Crippen molar-refractivity contribution in [3.05, 3.63) is 50.6 Å². The summed E-state index contributed by atoms with van der Waals surface area (Å²) >= 11 is 5.14. The van der Waals surface area contributed by atoms with Crippen LogP contribution in [0.15, 0.2) is 40.2 Å². The molecular formula is C15H17BrO2S. The van der Waals surface area contributed by atoms with E-state index in [0.29, 0.717) is 13.0 Å². The molecule has 0 fully saturated rings. The lowest BCUT2D eigenvalue weighted by Crippen LogP contribution is -2.02. The van der Waals surface area contributed by atoms with Gasteiger partial charge in [0.15, 0.2) is 0 Å². The van der Waals surface area contributed by atoms with Crippen LogP contribution in [0.25, 0.3) is 0 Å². The summed E-state index contributed by atoms with van der Waals surface area (Å²) in [6.07, 6.45) is 1.10. The van der Waals surface area contributed by atoms with Gasteiger partial charge >= 0.3 is 0 Å². The zero-order chi connectivity index (χ0) is 13.7. The van der Waals surface area contributed by atoms with Crippen molar-refractivity contribution in [2.45, 2.75) is 25.9 Å². The van der Waals surface area contributed by atoms with Gasteiger partial charge in [-0.15, -0.1) is 11.3 Å². The number of rotatable bonds is 6. The van der Waals surface area contributed by atoms with E-state index in [1.54, 1.807) is 11.3 Å². The summed E-state index contributed by atoms with van der Waals surface area (Å²) in [6, 6.07) is 9.71. The Morgan fingerprint density at radius 2 is 2.21 bits per heavy atom. The molecular weight excluding hydrogens is 324 g/mol. The second-order valence-corrected chi connectivity index (χ2v) is 6.19. The Morgan fingerprint density at radius 1 is 1.37 bits per heavy atom. The fourth-order valence-corrected chi connectivity index (χ4v) is 3.35. The first kappa shape index (κ1) is 14.6. The van der Waals surface area contributed by atoms with E-state index < -0.39 is 6.10 Å². The summed E-state index contributed by atoms with van der Waals surface area (Å²) in [5.41, 5.74) is 0.897. The number of benzene rings is 1. The van der Waals surface area contributed by atoms with E-state index in [1.807, 2.05) is 35.7 Å². The van der Waals surface area contributed by atoms with Crippen LogP contribution in [0.1, 0.15) is 29.9 Å². The molecule has 1 N–H and O–H groups in total. The molecule has 0 aliphatic heterocycles. The van der Waals surface area contributed by atoms with E-state index in [2.05, 4.69) is 22.9 Å². The summed E-state index contributed by atoms with van der Waals surface area (Å²) < 4.78 is 6.65. The minimum atomic E-state index is -0.500. The van der Waals surface area contributed by atoms with Gasteiger partial charge in [-0.1, -0.05) is 19.1 Å². The topological polar surface area (TPSA) is 29.5 Å². The molecule has 102 valence electrons. The summed E-state index contributed by atoms with van der Waals surface area (Å²) in [5, 5.41) is 12.3. The number of ether oxygens (including phenoxy) is 1. The van der Waals surface area contributed by atoms with E-state index in [9.17, 15) is 5.11 Å². The molecule has 0 aliphatic carbocycles. The lowest BCUT2D eigenvalue weighted by atomic mass is 10.1. The quantitative estimate of drug-likeness (QED) is 0.834. The van der Waals surface area contributed by atoms with E-state index in [0.717, 1.165) is 27.1 Å². The van der Waals surface area contributed by atoms with Gasteiger partial charge in [-0.2, -0.15) is 0 Å². The van der Waals surface area contributed by atoms with E-state index >= 15 is 0 Å². The lowest BCUT2D eigenvalue weighted by Gasteiger charge is -2.12. The van der Waals surface area contributed by atoms with Crippen molar-refractivity contribution >= 4 is 27.3 Å². The highest BCUT2D eigenvalue weighted by atomic mass is 79.9. The van der Waals surface area contributed by atoms with E-state index in [-0.39, 0.29) is 0 Å². The molecule has 0 amide bonds. The first-order valence-corrected chi connectivity index (χ1v) is 8.00. The predicted molar refractivity (Wildman–Crippen MR) is 82.9 cm³/mol. The van der Waals surface area contributed by atoms with Gasteiger partial charge in [-0.3, -0.25) is 0 Å². The fourth-order valence-electron chi connectivity index (χ4n) is 1.80. The molecule has 2 aromatic rings. The zero-order valence-corrected chi connectivity index (χ0v) is 13.2. The monoisotopic (exact) mass is 340 g/mol. The van der Waals surface area contributed by atoms with Crippen LogP contribution >= 0.6 is 27.3 Å². The Morgan fingerprint density at radius 3 is 2.89 bits per heavy atom. The number of hydrogen-bond donors (Lipinski definition) is 1. The number of halogens is 1. The molecule has 1 aromatic heterocycles. The maximum Gasteiger partial charge on any atom is 0.119 e. The predicted octanol–water partition coefficient (Wildman–Crippen LogP) is 4.58. The largest absolute Gasteiger partial charge is 0.494 e. The van der Waals surface area contributed by atoms with Crippen molar-refractivity contribution in [2.24, 2.45) is 0 Å². The Bertz CT molecular complexity index is 524. The summed E-state index contributed by atoms with van der Waals surface area (Å²) in [6.45, 7) is 2.78. The minimum absolute atomic E-state index is 0.500. The third-order valence-corrected chi connectivity index (χ3v) is 4.73. The third kappa shape index (κ3) is 4.06. The van der Waals surface area contributed by atoms with Crippen LogP contribution in [-0.2, 0) is 6.42 Å². The van der Waals surface area contributed by atoms with Crippen LogP contribution in [0.3, 0.4) is 0 Å². The van der Waals surface area contributed by atoms with Crippen LogP contribution in [0.5, 0.6) is 5.75 Å². The smallest absolute Gasteiger partial charge is 0.119 e. The molecule has 1 atom stereocenters. The highest BCUT2D eigenvalue weighted by molar-refractivity contribution is 9.10. The molecule has 0 spiro atoms. The van der Waals surface area contributed by atoms with Crippen LogP contribution in [0.4, 0.5) is 0 Å². The highest BCUT2D eigenvalue weighted by Gasteiger charge is 2.12. The van der Waals surface area contributed by atoms with Crippen LogP contribution in [-0.4, -0.2) is 11.7 Å². The van der Waals surface area contributed by atoms with Crippen LogP contribution in [0.2, 0.25) is 0 Å². The van der Waals surface area contributed by atoms with Crippen molar-refractivity contribution in [1.82, 2.24) is 0 Å². The van der Waals surface area contributed by atoms with Gasteiger partial charge in [-0.25, -0.2) is 0 Å². The molecule has 0 saturated carbocycles. The summed E-state index contributed by atoms with van der Waals surface area (Å²) in [7, 11) is 0. The van der Waals surface area contributed by atoms with Gasteiger partial charge in [-0.05, 0) is 51.5 Å². The molecule has 1 aromatic carbocycles.